The molecule has 29 heavy (non-hydrogen) atoms. The van der Waals surface area contributed by atoms with E-state index in [1.165, 1.54) is 17.2 Å². The summed E-state index contributed by atoms with van der Waals surface area (Å²) in [6, 6.07) is 23.6. The molecule has 0 unspecified atom stereocenters. The second kappa shape index (κ2) is 6.63. The third-order valence-corrected chi connectivity index (χ3v) is 5.40. The lowest BCUT2D eigenvalue weighted by Crippen LogP contribution is -2.11. The molecule has 5 nitrogen and oxygen atoms in total. The van der Waals surface area contributed by atoms with Crippen LogP contribution in [-0.2, 0) is 12.8 Å². The highest BCUT2D eigenvalue weighted by molar-refractivity contribution is 5.89. The van der Waals surface area contributed by atoms with Gasteiger partial charge in [0.2, 0.25) is 0 Å². The number of benzene rings is 2. The predicted molar refractivity (Wildman–Crippen MR) is 110 cm³/mol. The lowest BCUT2D eigenvalue weighted by molar-refractivity contribution is 0.0687. The Morgan fingerprint density at radius 3 is 2.45 bits per heavy atom. The molecule has 0 amide bonds. The lowest BCUT2D eigenvalue weighted by Gasteiger charge is -2.19. The molecule has 0 aliphatic heterocycles. The van der Waals surface area contributed by atoms with E-state index in [9.17, 15) is 15.0 Å². The van der Waals surface area contributed by atoms with Gasteiger partial charge in [0.15, 0.2) is 5.69 Å². The minimum absolute atomic E-state index is 0.339. The van der Waals surface area contributed by atoms with Gasteiger partial charge in [0.1, 0.15) is 11.6 Å². The number of fused-ring (bicyclic) bond motifs is 3. The van der Waals surface area contributed by atoms with Crippen LogP contribution in [0.2, 0.25) is 0 Å². The van der Waals surface area contributed by atoms with Gasteiger partial charge in [0.05, 0.1) is 5.69 Å². The normalized spacial score (nSPS) is 12.3. The molecule has 0 spiro atoms. The fourth-order valence-corrected chi connectivity index (χ4v) is 4.09. The minimum atomic E-state index is -1.25. The maximum absolute atomic E-state index is 11.5. The van der Waals surface area contributed by atoms with E-state index in [0.29, 0.717) is 5.82 Å². The van der Waals surface area contributed by atoms with Crippen LogP contribution in [0.1, 0.15) is 21.7 Å². The van der Waals surface area contributed by atoms with Crippen LogP contribution in [0.15, 0.2) is 72.8 Å². The van der Waals surface area contributed by atoms with Crippen molar-refractivity contribution in [3.05, 3.63) is 89.7 Å². The number of hydrogen-bond acceptors (Lipinski definition) is 3. The van der Waals surface area contributed by atoms with Gasteiger partial charge in [-0.2, -0.15) is 0 Å². The molecule has 142 valence electrons. The minimum Gasteiger partial charge on any atom is -0.505 e. The van der Waals surface area contributed by atoms with Gasteiger partial charge in [-0.25, -0.2) is 9.78 Å². The molecule has 1 aliphatic rings. The number of aromatic hydroxyl groups is 1. The molecule has 0 atom stereocenters. The monoisotopic (exact) mass is 382 g/mol. The average molecular weight is 382 g/mol. The van der Waals surface area contributed by atoms with Crippen molar-refractivity contribution in [1.82, 2.24) is 9.55 Å². The molecule has 2 aromatic carbocycles. The Labute approximate surface area is 167 Å². The van der Waals surface area contributed by atoms with Gasteiger partial charge < -0.3 is 10.2 Å². The van der Waals surface area contributed by atoms with Crippen molar-refractivity contribution in [1.29, 1.82) is 0 Å². The van der Waals surface area contributed by atoms with E-state index in [4.69, 9.17) is 0 Å². The topological polar surface area (TPSA) is 75.3 Å². The second-order valence-corrected chi connectivity index (χ2v) is 7.09. The molecule has 5 heteroatoms. The van der Waals surface area contributed by atoms with Gasteiger partial charge in [-0.3, -0.25) is 4.57 Å². The summed E-state index contributed by atoms with van der Waals surface area (Å²) in [4.78, 5) is 15.8. The fourth-order valence-electron chi connectivity index (χ4n) is 4.09. The third kappa shape index (κ3) is 2.79. The second-order valence-electron chi connectivity index (χ2n) is 7.09. The SMILES string of the molecule is O=C(O)c1nc(-n2c(-c3ccccc3)cc3c2CCc2ccccc2-3)ccc1O. The molecule has 4 aromatic rings. The number of hydrogen-bond donors (Lipinski definition) is 2. The molecule has 0 saturated heterocycles. The van der Waals surface area contributed by atoms with E-state index in [1.54, 1.807) is 6.07 Å². The molecule has 0 saturated carbocycles. The number of aromatic nitrogens is 2. The number of aromatic carboxylic acids is 1. The first-order chi connectivity index (χ1) is 14.1. The molecule has 0 fully saturated rings. The average Bonchev–Trinajstić information content (AvgIpc) is 3.15. The number of nitrogens with zero attached hydrogens (tertiary/aromatic N) is 2. The highest BCUT2D eigenvalue weighted by atomic mass is 16.4. The number of aryl methyl sites for hydroxylation is 1. The van der Waals surface area contributed by atoms with Gasteiger partial charge in [0, 0.05) is 11.3 Å². The summed E-state index contributed by atoms with van der Waals surface area (Å²) in [7, 11) is 0. The van der Waals surface area contributed by atoms with Crippen LogP contribution in [-0.4, -0.2) is 25.7 Å². The third-order valence-electron chi connectivity index (χ3n) is 5.40. The standard InChI is InChI=1S/C24H18N2O3/c27-21-12-13-22(25-23(21)24(28)29)26-19-11-10-15-6-4-5-9-17(15)18(19)14-20(26)16-7-2-1-3-8-16/h1-9,12-14,27H,10-11H2,(H,28,29). The number of carbonyl (C=O) groups is 1. The van der Waals surface area contributed by atoms with Crippen molar-refractivity contribution in [2.24, 2.45) is 0 Å². The first-order valence-corrected chi connectivity index (χ1v) is 9.45. The molecule has 2 aromatic heterocycles. The van der Waals surface area contributed by atoms with Gasteiger partial charge in [-0.15, -0.1) is 0 Å². The first-order valence-electron chi connectivity index (χ1n) is 9.45. The fraction of sp³-hybridized carbons (Fsp3) is 0.0833. The Balaban J connectivity index is 1.81. The molecule has 1 aliphatic carbocycles. The highest BCUT2D eigenvalue weighted by Crippen LogP contribution is 2.40. The number of rotatable bonds is 3. The first kappa shape index (κ1) is 17.3. The largest absolute Gasteiger partial charge is 0.505 e. The summed E-state index contributed by atoms with van der Waals surface area (Å²) in [5.74, 6) is -1.11. The zero-order valence-corrected chi connectivity index (χ0v) is 15.5. The summed E-state index contributed by atoms with van der Waals surface area (Å²) < 4.78 is 2.02. The van der Waals surface area contributed by atoms with Gasteiger partial charge in [-0.05, 0) is 47.7 Å². The Morgan fingerprint density at radius 2 is 1.66 bits per heavy atom. The van der Waals surface area contributed by atoms with Crippen molar-refractivity contribution in [3.8, 4) is 34.0 Å². The van der Waals surface area contributed by atoms with Gasteiger partial charge in [0.25, 0.3) is 0 Å². The maximum atomic E-state index is 11.5. The maximum Gasteiger partial charge on any atom is 0.358 e. The van der Waals surface area contributed by atoms with Crippen molar-refractivity contribution >= 4 is 5.97 Å². The Morgan fingerprint density at radius 1 is 0.897 bits per heavy atom. The predicted octanol–water partition coefficient (Wildman–Crippen LogP) is 4.71. The van der Waals surface area contributed by atoms with Crippen LogP contribution in [0.5, 0.6) is 5.75 Å². The van der Waals surface area contributed by atoms with E-state index < -0.39 is 5.97 Å². The summed E-state index contributed by atoms with van der Waals surface area (Å²) in [6.45, 7) is 0. The van der Waals surface area contributed by atoms with Crippen LogP contribution in [0.3, 0.4) is 0 Å². The van der Waals surface area contributed by atoms with E-state index >= 15 is 0 Å². The molecule has 2 heterocycles. The van der Waals surface area contributed by atoms with Gasteiger partial charge >= 0.3 is 5.97 Å². The Bertz CT molecular complexity index is 1240. The lowest BCUT2D eigenvalue weighted by atomic mass is 9.90. The summed E-state index contributed by atoms with van der Waals surface area (Å²) in [5.41, 5.74) is 6.35. The van der Waals surface area contributed by atoms with Crippen LogP contribution >= 0.6 is 0 Å². The Kier molecular flexibility index (Phi) is 3.95. The summed E-state index contributed by atoms with van der Waals surface area (Å²) in [5, 5.41) is 19.3. The van der Waals surface area contributed by atoms with Crippen LogP contribution < -0.4 is 0 Å². The van der Waals surface area contributed by atoms with Crippen molar-refractivity contribution in [3.63, 3.8) is 0 Å². The van der Waals surface area contributed by atoms with Crippen molar-refractivity contribution < 1.29 is 15.0 Å². The number of carboxylic acid groups (broad SMARTS) is 1. The van der Waals surface area contributed by atoms with Crippen LogP contribution in [0.25, 0.3) is 28.2 Å². The van der Waals surface area contributed by atoms with Crippen LogP contribution in [0, 0.1) is 0 Å². The van der Waals surface area contributed by atoms with Crippen molar-refractivity contribution in [2.45, 2.75) is 12.8 Å². The molecular weight excluding hydrogens is 364 g/mol. The molecule has 0 radical (unpaired) electrons. The van der Waals surface area contributed by atoms with Crippen molar-refractivity contribution in [2.75, 3.05) is 0 Å². The Hall–Kier alpha value is -3.86. The van der Waals surface area contributed by atoms with E-state index in [-0.39, 0.29) is 11.4 Å². The number of carboxylic acids is 1. The molecule has 0 bridgehead atoms. The highest BCUT2D eigenvalue weighted by Gasteiger charge is 2.25. The quantitative estimate of drug-likeness (QED) is 0.538. The zero-order valence-electron chi connectivity index (χ0n) is 15.5. The van der Waals surface area contributed by atoms with Gasteiger partial charge in [-0.1, -0.05) is 54.6 Å². The zero-order chi connectivity index (χ0) is 20.0. The number of pyridine rings is 1. The molecular formula is C24H18N2O3. The summed E-state index contributed by atoms with van der Waals surface area (Å²) >= 11 is 0. The smallest absolute Gasteiger partial charge is 0.358 e. The van der Waals surface area contributed by atoms with Crippen LogP contribution in [0.4, 0.5) is 0 Å². The van der Waals surface area contributed by atoms with E-state index in [2.05, 4.69) is 29.2 Å². The molecule has 2 N–H and O–H groups in total. The van der Waals surface area contributed by atoms with E-state index in [1.807, 2.05) is 41.0 Å². The summed E-state index contributed by atoms with van der Waals surface area (Å²) in [6.07, 6.45) is 1.73. The molecule has 5 rings (SSSR count). The van der Waals surface area contributed by atoms with E-state index in [0.717, 1.165) is 35.4 Å².